The number of amides is 1. The number of carbonyl (C=O) groups excluding carboxylic acids is 1. The molecule has 1 saturated heterocycles. The summed E-state index contributed by atoms with van der Waals surface area (Å²) in [7, 11) is 0. The summed E-state index contributed by atoms with van der Waals surface area (Å²) in [6.45, 7) is 4.77. The van der Waals surface area contributed by atoms with Gasteiger partial charge in [0.15, 0.2) is 0 Å². The molecule has 1 amide bonds. The molecule has 2 heterocycles. The van der Waals surface area contributed by atoms with Crippen molar-refractivity contribution in [1.29, 1.82) is 0 Å². The molecule has 3 nitrogen and oxygen atoms in total. The van der Waals surface area contributed by atoms with Crippen LogP contribution in [-0.2, 0) is 17.8 Å². The number of nitrogens with zero attached hydrogens (tertiary/aromatic N) is 1. The first-order valence-electron chi connectivity index (χ1n) is 9.84. The second kappa shape index (κ2) is 7.72. The standard InChI is InChI=1S/C22H27FN2OS/c1-16(11-17-3-2-4-19(23)12-17)21(26)25(14-18-5-10-27-15-18)20-13-22(20)6-8-24-9-7-22/h2-5,10,12,15-16,20,24H,6-9,11,13-14H2,1H3. The summed E-state index contributed by atoms with van der Waals surface area (Å²) in [6, 6.07) is 9.07. The third kappa shape index (κ3) is 4.09. The molecular weight excluding hydrogens is 359 g/mol. The molecule has 2 unspecified atom stereocenters. The quantitative estimate of drug-likeness (QED) is 0.805. The number of benzene rings is 1. The lowest BCUT2D eigenvalue weighted by atomic mass is 9.93. The number of piperidine rings is 1. The minimum atomic E-state index is -0.238. The number of nitrogens with one attached hydrogen (secondary N) is 1. The minimum absolute atomic E-state index is 0.148. The molecule has 0 bridgehead atoms. The van der Waals surface area contributed by atoms with Gasteiger partial charge in [0.2, 0.25) is 5.91 Å². The van der Waals surface area contributed by atoms with Crippen molar-refractivity contribution in [2.24, 2.45) is 11.3 Å². The lowest BCUT2D eigenvalue weighted by Crippen LogP contribution is -2.41. The summed E-state index contributed by atoms with van der Waals surface area (Å²) < 4.78 is 13.5. The Bertz CT molecular complexity index is 785. The van der Waals surface area contributed by atoms with Crippen LogP contribution in [0.3, 0.4) is 0 Å². The van der Waals surface area contributed by atoms with Crippen LogP contribution in [0, 0.1) is 17.2 Å². The van der Waals surface area contributed by atoms with Crippen LogP contribution >= 0.6 is 11.3 Å². The van der Waals surface area contributed by atoms with Gasteiger partial charge in [-0.3, -0.25) is 4.79 Å². The van der Waals surface area contributed by atoms with E-state index in [1.54, 1.807) is 23.5 Å². The van der Waals surface area contributed by atoms with Gasteiger partial charge in [-0.05, 0) is 84.3 Å². The first-order chi connectivity index (χ1) is 13.1. The van der Waals surface area contributed by atoms with E-state index in [9.17, 15) is 9.18 Å². The van der Waals surface area contributed by atoms with Gasteiger partial charge in [-0.25, -0.2) is 4.39 Å². The normalized spacial score (nSPS) is 21.8. The number of thiophene rings is 1. The zero-order chi connectivity index (χ0) is 18.9. The zero-order valence-electron chi connectivity index (χ0n) is 15.8. The lowest BCUT2D eigenvalue weighted by Gasteiger charge is -2.31. The Morgan fingerprint density at radius 1 is 1.33 bits per heavy atom. The van der Waals surface area contributed by atoms with Crippen molar-refractivity contribution in [1.82, 2.24) is 10.2 Å². The highest BCUT2D eigenvalue weighted by molar-refractivity contribution is 7.07. The predicted octanol–water partition coefficient (Wildman–Crippen LogP) is 4.24. The molecule has 1 saturated carbocycles. The van der Waals surface area contributed by atoms with Crippen molar-refractivity contribution in [2.45, 2.75) is 45.2 Å². The van der Waals surface area contributed by atoms with Crippen molar-refractivity contribution < 1.29 is 9.18 Å². The first-order valence-corrected chi connectivity index (χ1v) is 10.8. The maximum atomic E-state index is 13.5. The largest absolute Gasteiger partial charge is 0.335 e. The van der Waals surface area contributed by atoms with E-state index in [1.807, 2.05) is 13.0 Å². The molecular formula is C22H27FN2OS. The van der Waals surface area contributed by atoms with Gasteiger partial charge in [-0.1, -0.05) is 19.1 Å². The SMILES string of the molecule is CC(Cc1cccc(F)c1)C(=O)N(Cc1ccsc1)C1CC12CCNCC2. The van der Waals surface area contributed by atoms with E-state index >= 15 is 0 Å². The fourth-order valence-electron chi connectivity index (χ4n) is 4.54. The Morgan fingerprint density at radius 3 is 2.85 bits per heavy atom. The summed E-state index contributed by atoms with van der Waals surface area (Å²) in [5.41, 5.74) is 2.41. The van der Waals surface area contributed by atoms with Crippen LogP contribution in [0.1, 0.15) is 37.3 Å². The Balaban J connectivity index is 1.50. The monoisotopic (exact) mass is 386 g/mol. The zero-order valence-corrected chi connectivity index (χ0v) is 16.6. The van der Waals surface area contributed by atoms with Gasteiger partial charge in [0.05, 0.1) is 0 Å². The Morgan fingerprint density at radius 2 is 2.15 bits per heavy atom. The topological polar surface area (TPSA) is 32.3 Å². The second-order valence-corrected chi connectivity index (χ2v) is 8.95. The van der Waals surface area contributed by atoms with E-state index in [-0.39, 0.29) is 17.6 Å². The maximum absolute atomic E-state index is 13.5. The number of hydrogen-bond donors (Lipinski definition) is 1. The van der Waals surface area contributed by atoms with Crippen molar-refractivity contribution in [2.75, 3.05) is 13.1 Å². The van der Waals surface area contributed by atoms with Crippen molar-refractivity contribution >= 4 is 17.2 Å². The molecule has 5 heteroatoms. The van der Waals surface area contributed by atoms with Gasteiger partial charge in [-0.15, -0.1) is 0 Å². The molecule has 1 aliphatic heterocycles. The number of rotatable bonds is 6. The van der Waals surface area contributed by atoms with Gasteiger partial charge in [0.1, 0.15) is 5.82 Å². The van der Waals surface area contributed by atoms with E-state index in [0.717, 1.165) is 37.9 Å². The summed E-state index contributed by atoms with van der Waals surface area (Å²) in [6.07, 6.45) is 4.02. The third-order valence-corrected chi connectivity index (χ3v) is 6.92. The van der Waals surface area contributed by atoms with Crippen molar-refractivity contribution in [3.63, 3.8) is 0 Å². The van der Waals surface area contributed by atoms with Gasteiger partial charge in [0.25, 0.3) is 0 Å². The van der Waals surface area contributed by atoms with E-state index in [2.05, 4.69) is 27.0 Å². The molecule has 1 N–H and O–H groups in total. The summed E-state index contributed by atoms with van der Waals surface area (Å²) in [5.74, 6) is -0.186. The van der Waals surface area contributed by atoms with E-state index < -0.39 is 0 Å². The third-order valence-electron chi connectivity index (χ3n) is 6.19. The second-order valence-electron chi connectivity index (χ2n) is 8.17. The molecule has 2 fully saturated rings. The van der Waals surface area contributed by atoms with Crippen molar-refractivity contribution in [3.05, 3.63) is 58.0 Å². The number of hydrogen-bond acceptors (Lipinski definition) is 3. The summed E-state index contributed by atoms with van der Waals surface area (Å²) >= 11 is 1.68. The molecule has 144 valence electrons. The highest BCUT2D eigenvalue weighted by atomic mass is 32.1. The van der Waals surface area contributed by atoms with Crippen molar-refractivity contribution in [3.8, 4) is 0 Å². The molecule has 4 rings (SSSR count). The Hall–Kier alpha value is -1.72. The van der Waals surface area contributed by atoms with Crippen LogP contribution < -0.4 is 5.32 Å². The highest BCUT2D eigenvalue weighted by Gasteiger charge is 2.57. The molecule has 2 aromatic rings. The molecule has 1 aromatic carbocycles. The van der Waals surface area contributed by atoms with E-state index in [0.29, 0.717) is 24.4 Å². The fraction of sp³-hybridized carbons (Fsp3) is 0.500. The Labute approximate surface area is 164 Å². The van der Waals surface area contributed by atoms with Gasteiger partial charge in [0, 0.05) is 18.5 Å². The predicted molar refractivity (Wildman–Crippen MR) is 107 cm³/mol. The smallest absolute Gasteiger partial charge is 0.226 e. The molecule has 2 atom stereocenters. The van der Waals surface area contributed by atoms with Gasteiger partial charge < -0.3 is 10.2 Å². The molecule has 2 aliphatic rings. The Kier molecular flexibility index (Phi) is 5.33. The van der Waals surface area contributed by atoms with Crippen LogP contribution in [0.4, 0.5) is 4.39 Å². The van der Waals surface area contributed by atoms with Crippen LogP contribution in [0.25, 0.3) is 0 Å². The van der Waals surface area contributed by atoms with Crippen LogP contribution in [0.2, 0.25) is 0 Å². The van der Waals surface area contributed by atoms with E-state index in [4.69, 9.17) is 0 Å². The number of halogens is 1. The fourth-order valence-corrected chi connectivity index (χ4v) is 5.20. The molecule has 0 radical (unpaired) electrons. The average molecular weight is 387 g/mol. The molecule has 1 spiro atoms. The minimum Gasteiger partial charge on any atom is -0.335 e. The van der Waals surface area contributed by atoms with E-state index in [1.165, 1.54) is 11.6 Å². The van der Waals surface area contributed by atoms with Crippen LogP contribution in [0.15, 0.2) is 41.1 Å². The van der Waals surface area contributed by atoms with Gasteiger partial charge in [-0.2, -0.15) is 11.3 Å². The van der Waals surface area contributed by atoms with Gasteiger partial charge >= 0.3 is 0 Å². The molecule has 27 heavy (non-hydrogen) atoms. The number of carbonyl (C=O) groups is 1. The van der Waals surface area contributed by atoms with Crippen LogP contribution in [-0.4, -0.2) is 29.9 Å². The summed E-state index contributed by atoms with van der Waals surface area (Å²) in [4.78, 5) is 15.5. The lowest BCUT2D eigenvalue weighted by molar-refractivity contribution is -0.137. The highest BCUT2D eigenvalue weighted by Crippen LogP contribution is 2.56. The maximum Gasteiger partial charge on any atom is 0.226 e. The average Bonchev–Trinajstić information content (AvgIpc) is 3.09. The molecule has 1 aromatic heterocycles. The van der Waals surface area contributed by atoms with Crippen LogP contribution in [0.5, 0.6) is 0 Å². The molecule has 1 aliphatic carbocycles. The first kappa shape index (κ1) is 18.6. The summed E-state index contributed by atoms with van der Waals surface area (Å²) in [5, 5.41) is 7.64.